The number of nitrogens with two attached hydrogens (primary N) is 1. The van der Waals surface area contributed by atoms with Gasteiger partial charge in [-0.05, 0) is 18.2 Å². The van der Waals surface area contributed by atoms with Crippen molar-refractivity contribution in [3.8, 4) is 0 Å². The molecule has 0 spiro atoms. The summed E-state index contributed by atoms with van der Waals surface area (Å²) in [4.78, 5) is 0.103. The van der Waals surface area contributed by atoms with Crippen LogP contribution < -0.4 is 5.73 Å². The van der Waals surface area contributed by atoms with Crippen LogP contribution in [0.3, 0.4) is 0 Å². The molecule has 0 bridgehead atoms. The third kappa shape index (κ3) is 3.18. The Balaban J connectivity index is 2.39. The van der Waals surface area contributed by atoms with Crippen molar-refractivity contribution in [3.63, 3.8) is 0 Å². The minimum atomic E-state index is -3.57. The van der Waals surface area contributed by atoms with Crippen LogP contribution in [0.4, 0.5) is 5.69 Å². The van der Waals surface area contributed by atoms with Crippen LogP contribution >= 0.6 is 23.4 Å². The minimum absolute atomic E-state index is 0.103. The second-order valence-electron chi connectivity index (χ2n) is 4.76. The summed E-state index contributed by atoms with van der Waals surface area (Å²) in [6.45, 7) is 5.07. The average molecular weight is 321 g/mol. The molecule has 1 aromatic carbocycles. The summed E-state index contributed by atoms with van der Waals surface area (Å²) < 4.78 is 26.8. The first kappa shape index (κ1) is 15.0. The number of halogens is 1. The van der Waals surface area contributed by atoms with Crippen molar-refractivity contribution in [1.82, 2.24) is 4.31 Å². The zero-order chi connectivity index (χ0) is 14.2. The third-order valence-corrected chi connectivity index (χ3v) is 6.33. The van der Waals surface area contributed by atoms with E-state index < -0.39 is 10.0 Å². The quantitative estimate of drug-likeness (QED) is 0.850. The Morgan fingerprint density at radius 2 is 1.89 bits per heavy atom. The van der Waals surface area contributed by atoms with E-state index in [9.17, 15) is 8.42 Å². The maximum absolute atomic E-state index is 12.6. The van der Waals surface area contributed by atoms with Gasteiger partial charge in [-0.2, -0.15) is 16.1 Å². The van der Waals surface area contributed by atoms with Crippen LogP contribution in [0.1, 0.15) is 13.8 Å². The predicted octanol–water partition coefficient (Wildman–Crippen LogP) is 2.44. The van der Waals surface area contributed by atoms with Gasteiger partial charge in [-0.1, -0.05) is 25.4 Å². The topological polar surface area (TPSA) is 63.4 Å². The highest BCUT2D eigenvalue weighted by Crippen LogP contribution is 2.31. The van der Waals surface area contributed by atoms with E-state index in [1.165, 1.54) is 16.4 Å². The lowest BCUT2D eigenvalue weighted by Gasteiger charge is -2.33. The van der Waals surface area contributed by atoms with Gasteiger partial charge < -0.3 is 5.73 Å². The van der Waals surface area contributed by atoms with Crippen molar-refractivity contribution in [2.45, 2.75) is 29.2 Å². The van der Waals surface area contributed by atoms with E-state index in [4.69, 9.17) is 17.3 Å². The van der Waals surface area contributed by atoms with E-state index in [0.717, 1.165) is 0 Å². The van der Waals surface area contributed by atoms with Gasteiger partial charge in [0.1, 0.15) is 4.90 Å². The smallest absolute Gasteiger partial charge is 0.245 e. The van der Waals surface area contributed by atoms with E-state index >= 15 is 0 Å². The van der Waals surface area contributed by atoms with E-state index in [1.807, 2.05) is 13.8 Å². The highest BCUT2D eigenvalue weighted by molar-refractivity contribution is 8.00. The van der Waals surface area contributed by atoms with Gasteiger partial charge in [0.25, 0.3) is 0 Å². The molecule has 0 amide bonds. The molecule has 2 rings (SSSR count). The Labute approximate surface area is 123 Å². The number of nitrogen functional groups attached to an aromatic ring is 1. The molecule has 4 nitrogen and oxygen atoms in total. The van der Waals surface area contributed by atoms with Gasteiger partial charge >= 0.3 is 0 Å². The number of sulfonamides is 1. The molecule has 1 aliphatic rings. The van der Waals surface area contributed by atoms with E-state index in [2.05, 4.69) is 0 Å². The molecule has 19 heavy (non-hydrogen) atoms. The van der Waals surface area contributed by atoms with Crippen molar-refractivity contribution in [1.29, 1.82) is 0 Å². The first-order chi connectivity index (χ1) is 8.80. The standard InChI is InChI=1S/C12H17ClN2O2S2/c1-8-6-15(7-9(2)18-8)19(16,17)12-5-10(13)3-4-11(12)14/h3-5,8-9H,6-7,14H2,1-2H3. The van der Waals surface area contributed by atoms with Crippen molar-refractivity contribution in [2.24, 2.45) is 0 Å². The summed E-state index contributed by atoms with van der Waals surface area (Å²) in [5.74, 6) is 0. The maximum Gasteiger partial charge on any atom is 0.245 e. The van der Waals surface area contributed by atoms with Crippen LogP contribution in [0.25, 0.3) is 0 Å². The summed E-state index contributed by atoms with van der Waals surface area (Å²) >= 11 is 7.68. The lowest BCUT2D eigenvalue weighted by molar-refractivity contribution is 0.405. The van der Waals surface area contributed by atoms with Gasteiger partial charge in [-0.3, -0.25) is 0 Å². The zero-order valence-electron chi connectivity index (χ0n) is 10.8. The van der Waals surface area contributed by atoms with Crippen LogP contribution in [0, 0.1) is 0 Å². The summed E-state index contributed by atoms with van der Waals surface area (Å²) in [6.07, 6.45) is 0. The number of nitrogens with zero attached hydrogens (tertiary/aromatic N) is 1. The van der Waals surface area contributed by atoms with Crippen molar-refractivity contribution in [2.75, 3.05) is 18.8 Å². The fourth-order valence-corrected chi connectivity index (χ4v) is 5.71. The van der Waals surface area contributed by atoms with E-state index in [-0.39, 0.29) is 21.1 Å². The molecule has 7 heteroatoms. The molecule has 2 atom stereocenters. The second-order valence-corrected chi connectivity index (χ2v) is 8.99. The van der Waals surface area contributed by atoms with Crippen molar-refractivity contribution < 1.29 is 8.42 Å². The predicted molar refractivity (Wildman–Crippen MR) is 81.1 cm³/mol. The molecule has 1 aliphatic heterocycles. The summed E-state index contributed by atoms with van der Waals surface area (Å²) in [7, 11) is -3.57. The fourth-order valence-electron chi connectivity index (χ4n) is 2.20. The summed E-state index contributed by atoms with van der Waals surface area (Å²) in [6, 6.07) is 4.54. The van der Waals surface area contributed by atoms with E-state index in [0.29, 0.717) is 18.1 Å². The first-order valence-corrected chi connectivity index (χ1v) is 8.77. The van der Waals surface area contributed by atoms with Crippen LogP contribution in [-0.4, -0.2) is 36.3 Å². The Morgan fingerprint density at radius 3 is 2.47 bits per heavy atom. The largest absolute Gasteiger partial charge is 0.398 e. The molecule has 1 saturated heterocycles. The summed E-state index contributed by atoms with van der Waals surface area (Å²) in [5, 5.41) is 0.929. The van der Waals surface area contributed by atoms with Crippen molar-refractivity contribution >= 4 is 39.1 Å². The fraction of sp³-hybridized carbons (Fsp3) is 0.500. The molecular weight excluding hydrogens is 304 g/mol. The molecule has 0 aliphatic carbocycles. The van der Waals surface area contributed by atoms with Gasteiger partial charge in [0.15, 0.2) is 0 Å². The average Bonchev–Trinajstić information content (AvgIpc) is 2.31. The molecule has 2 N–H and O–H groups in total. The second kappa shape index (κ2) is 5.52. The number of anilines is 1. The third-order valence-electron chi connectivity index (χ3n) is 2.98. The van der Waals surface area contributed by atoms with Gasteiger partial charge in [0, 0.05) is 28.6 Å². The first-order valence-electron chi connectivity index (χ1n) is 6.01. The Bertz CT molecular complexity index is 567. The van der Waals surface area contributed by atoms with Gasteiger partial charge in [0.05, 0.1) is 5.69 Å². The van der Waals surface area contributed by atoms with Crippen LogP contribution in [0.15, 0.2) is 23.1 Å². The molecule has 0 aromatic heterocycles. The van der Waals surface area contributed by atoms with E-state index in [1.54, 1.807) is 17.8 Å². The number of hydrogen-bond acceptors (Lipinski definition) is 4. The Kier molecular flexibility index (Phi) is 4.35. The Hall–Kier alpha value is -0.430. The molecule has 0 saturated carbocycles. The van der Waals surface area contributed by atoms with Gasteiger partial charge in [0.2, 0.25) is 10.0 Å². The SMILES string of the molecule is CC1CN(S(=O)(=O)c2cc(Cl)ccc2N)CC(C)S1. The molecule has 2 unspecified atom stereocenters. The number of benzene rings is 1. The van der Waals surface area contributed by atoms with Gasteiger partial charge in [-0.25, -0.2) is 8.42 Å². The molecule has 0 radical (unpaired) electrons. The maximum atomic E-state index is 12.6. The normalized spacial score (nSPS) is 25.4. The van der Waals surface area contributed by atoms with Crippen LogP contribution in [0.5, 0.6) is 0 Å². The molecular formula is C12H17ClN2O2S2. The van der Waals surface area contributed by atoms with Crippen LogP contribution in [-0.2, 0) is 10.0 Å². The molecule has 106 valence electrons. The lowest BCUT2D eigenvalue weighted by Crippen LogP contribution is -2.44. The minimum Gasteiger partial charge on any atom is -0.398 e. The molecule has 1 fully saturated rings. The highest BCUT2D eigenvalue weighted by atomic mass is 35.5. The number of hydrogen-bond donors (Lipinski definition) is 1. The zero-order valence-corrected chi connectivity index (χ0v) is 13.2. The lowest BCUT2D eigenvalue weighted by atomic mass is 10.3. The molecule has 1 aromatic rings. The monoisotopic (exact) mass is 320 g/mol. The Morgan fingerprint density at radius 1 is 1.32 bits per heavy atom. The summed E-state index contributed by atoms with van der Waals surface area (Å²) in [5.41, 5.74) is 6.02. The number of rotatable bonds is 2. The van der Waals surface area contributed by atoms with Crippen molar-refractivity contribution in [3.05, 3.63) is 23.2 Å². The highest BCUT2D eigenvalue weighted by Gasteiger charge is 2.33. The van der Waals surface area contributed by atoms with Gasteiger partial charge in [-0.15, -0.1) is 0 Å². The van der Waals surface area contributed by atoms with Crippen LogP contribution in [0.2, 0.25) is 5.02 Å². The number of thioether (sulfide) groups is 1. The molecule has 1 heterocycles.